The van der Waals surface area contributed by atoms with Gasteiger partial charge in [0.15, 0.2) is 0 Å². The summed E-state index contributed by atoms with van der Waals surface area (Å²) >= 11 is 6.08. The number of hydrogen-bond donors (Lipinski definition) is 0. The van der Waals surface area contributed by atoms with E-state index < -0.39 is 0 Å². The fourth-order valence-corrected chi connectivity index (χ4v) is 7.23. The molecule has 0 spiro atoms. The number of halogens is 1. The Kier molecular flexibility index (Phi) is 3.73. The average molecular weight is 447 g/mol. The van der Waals surface area contributed by atoms with Crippen molar-refractivity contribution in [3.63, 3.8) is 0 Å². The molecule has 4 fully saturated rings. The number of nitrogens with zero attached hydrogens (tertiary/aromatic N) is 6. The van der Waals surface area contributed by atoms with Gasteiger partial charge in [-0.1, -0.05) is 17.7 Å². The minimum Gasteiger partial charge on any atom is -0.419 e. The zero-order valence-electron chi connectivity index (χ0n) is 17.8. The van der Waals surface area contributed by atoms with E-state index in [2.05, 4.69) is 45.4 Å². The maximum Gasteiger partial charge on any atom is 0.266 e. The topological polar surface area (TPSA) is 82.5 Å². The Morgan fingerprint density at radius 2 is 1.91 bits per heavy atom. The van der Waals surface area contributed by atoms with Crippen LogP contribution in [0.2, 0.25) is 5.28 Å². The van der Waals surface area contributed by atoms with Gasteiger partial charge in [-0.15, -0.1) is 15.3 Å². The van der Waals surface area contributed by atoms with E-state index in [1.807, 2.05) is 16.8 Å². The van der Waals surface area contributed by atoms with E-state index in [4.69, 9.17) is 21.0 Å². The molecular formula is C24H23ClN6O. The van der Waals surface area contributed by atoms with Crippen LogP contribution in [-0.2, 0) is 11.0 Å². The highest BCUT2D eigenvalue weighted by atomic mass is 35.5. The van der Waals surface area contributed by atoms with Crippen molar-refractivity contribution < 1.29 is 4.42 Å². The largest absolute Gasteiger partial charge is 0.419 e. The van der Waals surface area contributed by atoms with E-state index in [0.29, 0.717) is 23.0 Å². The summed E-state index contributed by atoms with van der Waals surface area (Å²) < 4.78 is 8.38. The molecule has 162 valence electrons. The van der Waals surface area contributed by atoms with E-state index in [1.165, 1.54) is 12.0 Å². The Balaban J connectivity index is 1.27. The summed E-state index contributed by atoms with van der Waals surface area (Å²) in [5.74, 6) is 2.52. The normalized spacial score (nSPS) is 30.9. The summed E-state index contributed by atoms with van der Waals surface area (Å²) in [6.45, 7) is 2.09. The van der Waals surface area contributed by atoms with Gasteiger partial charge >= 0.3 is 0 Å². The number of hydrogen-bond acceptors (Lipinski definition) is 6. The van der Waals surface area contributed by atoms with E-state index in [0.717, 1.165) is 54.6 Å². The van der Waals surface area contributed by atoms with Crippen LogP contribution in [0, 0.1) is 18.8 Å². The Hall–Kier alpha value is -2.80. The molecular weight excluding hydrogens is 424 g/mol. The Bertz CT molecular complexity index is 1350. The third kappa shape index (κ3) is 2.70. The van der Waals surface area contributed by atoms with Gasteiger partial charge in [0.2, 0.25) is 11.2 Å². The Labute approximate surface area is 190 Å². The highest BCUT2D eigenvalue weighted by Crippen LogP contribution is 2.64. The van der Waals surface area contributed by atoms with E-state index in [9.17, 15) is 0 Å². The minimum absolute atomic E-state index is 0.0576. The Morgan fingerprint density at radius 1 is 1.06 bits per heavy atom. The molecule has 4 aliphatic carbocycles. The van der Waals surface area contributed by atoms with Crippen molar-refractivity contribution in [2.45, 2.75) is 56.4 Å². The van der Waals surface area contributed by atoms with Crippen LogP contribution in [0.5, 0.6) is 0 Å². The smallest absolute Gasteiger partial charge is 0.266 e. The predicted molar refractivity (Wildman–Crippen MR) is 119 cm³/mol. The molecule has 0 saturated heterocycles. The maximum absolute atomic E-state index is 6.36. The van der Waals surface area contributed by atoms with Crippen molar-refractivity contribution in [2.24, 2.45) is 11.8 Å². The van der Waals surface area contributed by atoms with Crippen molar-refractivity contribution in [1.29, 1.82) is 0 Å². The molecule has 4 saturated carbocycles. The zero-order chi connectivity index (χ0) is 21.5. The number of pyridine rings is 1. The molecule has 8 rings (SSSR count). The number of aryl methyl sites for hydroxylation is 1. The summed E-state index contributed by atoms with van der Waals surface area (Å²) in [7, 11) is 0. The van der Waals surface area contributed by atoms with Gasteiger partial charge in [-0.3, -0.25) is 0 Å². The lowest BCUT2D eigenvalue weighted by molar-refractivity contribution is -0.0772. The van der Waals surface area contributed by atoms with E-state index >= 15 is 0 Å². The highest BCUT2D eigenvalue weighted by Gasteiger charge is 2.61. The fourth-order valence-electron chi connectivity index (χ4n) is 7.11. The number of fused-ring (bicyclic) bond motifs is 1. The number of rotatable bonds is 3. The van der Waals surface area contributed by atoms with E-state index in [-0.39, 0.29) is 11.0 Å². The van der Waals surface area contributed by atoms with Crippen LogP contribution < -0.4 is 0 Å². The zero-order valence-corrected chi connectivity index (χ0v) is 18.6. The van der Waals surface area contributed by atoms with Crippen LogP contribution in [0.4, 0.5) is 0 Å². The van der Waals surface area contributed by atoms with Crippen LogP contribution in [0.15, 0.2) is 41.1 Å². The standard InChI is InChI=1S/C24H23ClN6O/c1-14-2-4-18-17(6-14)3-5-19(27-18)20-28-29-21(32-20)23-8-15-7-16(9-23)11-24(10-15,12-23)31-13-26-22(25)30-31/h2-6,13,15-16H,7-12H2,1H3. The van der Waals surface area contributed by atoms with Crippen LogP contribution >= 0.6 is 11.6 Å². The first-order valence-electron chi connectivity index (χ1n) is 11.3. The molecule has 32 heavy (non-hydrogen) atoms. The molecule has 1 aromatic carbocycles. The van der Waals surface area contributed by atoms with Crippen molar-refractivity contribution in [3.05, 3.63) is 53.4 Å². The Morgan fingerprint density at radius 3 is 2.69 bits per heavy atom. The summed E-state index contributed by atoms with van der Waals surface area (Å²) in [6, 6.07) is 10.3. The molecule has 0 N–H and O–H groups in total. The first kappa shape index (κ1) is 18.7. The van der Waals surface area contributed by atoms with Crippen LogP contribution in [0.3, 0.4) is 0 Å². The van der Waals surface area contributed by atoms with Gasteiger partial charge in [0.1, 0.15) is 12.0 Å². The molecule has 4 aromatic rings. The predicted octanol–water partition coefficient (Wildman–Crippen LogP) is 5.09. The molecule has 0 radical (unpaired) electrons. The fraction of sp³-hybridized carbons (Fsp3) is 0.458. The maximum atomic E-state index is 6.36. The van der Waals surface area contributed by atoms with Gasteiger partial charge in [0.25, 0.3) is 5.89 Å². The summed E-state index contributed by atoms with van der Waals surface area (Å²) in [6.07, 6.45) is 8.45. The van der Waals surface area contributed by atoms with Gasteiger partial charge in [-0.05, 0) is 87.1 Å². The highest BCUT2D eigenvalue weighted by molar-refractivity contribution is 6.28. The van der Waals surface area contributed by atoms with Gasteiger partial charge in [-0.25, -0.2) is 14.6 Å². The van der Waals surface area contributed by atoms with Gasteiger partial charge in [-0.2, -0.15) is 0 Å². The monoisotopic (exact) mass is 446 g/mol. The molecule has 4 bridgehead atoms. The van der Waals surface area contributed by atoms with Crippen molar-refractivity contribution in [1.82, 2.24) is 29.9 Å². The molecule has 0 amide bonds. The lowest BCUT2D eigenvalue weighted by Gasteiger charge is -2.60. The first-order chi connectivity index (χ1) is 15.5. The lowest BCUT2D eigenvalue weighted by Crippen LogP contribution is -2.58. The lowest BCUT2D eigenvalue weighted by atomic mass is 9.47. The summed E-state index contributed by atoms with van der Waals surface area (Å²) in [5, 5.41) is 14.9. The van der Waals surface area contributed by atoms with Crippen molar-refractivity contribution in [3.8, 4) is 11.6 Å². The average Bonchev–Trinajstić information content (AvgIpc) is 3.43. The molecule has 3 aromatic heterocycles. The second-order valence-electron chi connectivity index (χ2n) is 10.2. The van der Waals surface area contributed by atoms with Gasteiger partial charge in [0, 0.05) is 5.39 Å². The first-order valence-corrected chi connectivity index (χ1v) is 11.7. The summed E-state index contributed by atoms with van der Waals surface area (Å²) in [4.78, 5) is 8.98. The van der Waals surface area contributed by atoms with Crippen LogP contribution in [-0.4, -0.2) is 29.9 Å². The van der Waals surface area contributed by atoms with Gasteiger partial charge < -0.3 is 4.42 Å². The molecule has 0 aliphatic heterocycles. The van der Waals surface area contributed by atoms with E-state index in [1.54, 1.807) is 6.33 Å². The quantitative estimate of drug-likeness (QED) is 0.436. The third-order valence-corrected chi connectivity index (χ3v) is 8.10. The third-order valence-electron chi connectivity index (χ3n) is 7.92. The molecule has 2 atom stereocenters. The molecule has 3 heterocycles. The number of benzene rings is 1. The number of aromatic nitrogens is 6. The molecule has 4 aliphatic rings. The van der Waals surface area contributed by atoms with Gasteiger partial charge in [0.05, 0.1) is 16.5 Å². The second kappa shape index (κ2) is 6.38. The minimum atomic E-state index is -0.109. The van der Waals surface area contributed by atoms with Crippen LogP contribution in [0.1, 0.15) is 50.0 Å². The second-order valence-corrected chi connectivity index (χ2v) is 10.6. The van der Waals surface area contributed by atoms with Crippen molar-refractivity contribution in [2.75, 3.05) is 0 Å². The van der Waals surface area contributed by atoms with Crippen molar-refractivity contribution >= 4 is 22.5 Å². The summed E-state index contributed by atoms with van der Waals surface area (Å²) in [5.41, 5.74) is 2.71. The molecule has 8 heteroatoms. The molecule has 7 nitrogen and oxygen atoms in total. The molecule has 2 unspecified atom stereocenters. The SMILES string of the molecule is Cc1ccc2nc(-c3nnc(C45CC6CC(C4)CC(n4cnc(Cl)n4)(C6)C5)o3)ccc2c1. The van der Waals surface area contributed by atoms with Crippen LogP contribution in [0.25, 0.3) is 22.5 Å².